The smallest absolute Gasteiger partial charge is 0.305 e. The van der Waals surface area contributed by atoms with Gasteiger partial charge in [-0.2, -0.15) is 0 Å². The van der Waals surface area contributed by atoms with Crippen molar-refractivity contribution >= 4 is 11.9 Å². The molecule has 1 aromatic carbocycles. The van der Waals surface area contributed by atoms with Gasteiger partial charge in [0.25, 0.3) is 5.91 Å². The molecule has 0 radical (unpaired) electrons. The highest BCUT2D eigenvalue weighted by Gasteiger charge is 2.38. The molecule has 22 heavy (non-hydrogen) atoms. The Morgan fingerprint density at radius 3 is 2.45 bits per heavy atom. The first-order valence-electron chi connectivity index (χ1n) is 7.14. The van der Waals surface area contributed by atoms with Crippen LogP contribution in [0, 0.1) is 13.8 Å². The fourth-order valence-electron chi connectivity index (χ4n) is 2.90. The van der Waals surface area contributed by atoms with Crippen LogP contribution in [0.25, 0.3) is 0 Å². The van der Waals surface area contributed by atoms with Gasteiger partial charge in [-0.05, 0) is 43.5 Å². The van der Waals surface area contributed by atoms with Crippen molar-refractivity contribution in [3.8, 4) is 5.75 Å². The zero-order valence-electron chi connectivity index (χ0n) is 13.1. The Morgan fingerprint density at radius 2 is 2.00 bits per heavy atom. The number of benzene rings is 1. The van der Waals surface area contributed by atoms with Gasteiger partial charge in [0.1, 0.15) is 5.75 Å². The fourth-order valence-corrected chi connectivity index (χ4v) is 2.90. The van der Waals surface area contributed by atoms with Crippen molar-refractivity contribution in [3.05, 3.63) is 28.8 Å². The zero-order valence-corrected chi connectivity index (χ0v) is 13.1. The molecule has 1 fully saturated rings. The number of carbonyl (C=O) groups excluding carboxylic acids is 1. The number of aliphatic carboxylic acids is 1. The molecule has 1 atom stereocenters. The molecule has 2 rings (SSSR count). The molecule has 6 nitrogen and oxygen atoms in total. The standard InChI is InChI=1S/C16H21NO5/c1-10-6-12(7-11(2)14(10)21-3)15(20)17-16(8-13(18)19)4-5-22-9-16/h6-7H,4-5,8-9H2,1-3H3,(H,17,20)(H,18,19). The summed E-state index contributed by atoms with van der Waals surface area (Å²) in [6.07, 6.45) is 0.353. The first-order valence-corrected chi connectivity index (χ1v) is 7.14. The summed E-state index contributed by atoms with van der Waals surface area (Å²) in [5.41, 5.74) is 1.39. The second-order valence-corrected chi connectivity index (χ2v) is 5.75. The number of amides is 1. The number of hydrogen-bond acceptors (Lipinski definition) is 4. The molecular weight excluding hydrogens is 286 g/mol. The number of hydrogen-bond donors (Lipinski definition) is 2. The number of rotatable bonds is 5. The molecule has 1 saturated heterocycles. The second kappa shape index (κ2) is 6.36. The van der Waals surface area contributed by atoms with Gasteiger partial charge in [0.05, 0.1) is 25.7 Å². The minimum atomic E-state index is -0.951. The minimum absolute atomic E-state index is 0.146. The van der Waals surface area contributed by atoms with Crippen LogP contribution in [0.3, 0.4) is 0 Å². The van der Waals surface area contributed by atoms with Gasteiger partial charge in [0, 0.05) is 12.2 Å². The van der Waals surface area contributed by atoms with Crippen LogP contribution in [-0.2, 0) is 9.53 Å². The van der Waals surface area contributed by atoms with Crippen molar-refractivity contribution in [2.45, 2.75) is 32.2 Å². The van der Waals surface area contributed by atoms with Gasteiger partial charge in [-0.1, -0.05) is 0 Å². The van der Waals surface area contributed by atoms with E-state index >= 15 is 0 Å². The van der Waals surface area contributed by atoms with Crippen LogP contribution in [0.2, 0.25) is 0 Å². The van der Waals surface area contributed by atoms with E-state index in [1.165, 1.54) is 0 Å². The SMILES string of the molecule is COc1c(C)cc(C(=O)NC2(CC(=O)O)CCOC2)cc1C. The molecular formula is C16H21NO5. The second-order valence-electron chi connectivity index (χ2n) is 5.75. The highest BCUT2D eigenvalue weighted by atomic mass is 16.5. The molecule has 2 N–H and O–H groups in total. The van der Waals surface area contributed by atoms with Gasteiger partial charge in [0.2, 0.25) is 0 Å². The molecule has 0 bridgehead atoms. The van der Waals surface area contributed by atoms with E-state index in [4.69, 9.17) is 14.6 Å². The van der Waals surface area contributed by atoms with Crippen molar-refractivity contribution in [3.63, 3.8) is 0 Å². The summed E-state index contributed by atoms with van der Waals surface area (Å²) in [6.45, 7) is 4.41. The van der Waals surface area contributed by atoms with Crippen LogP contribution in [0.5, 0.6) is 5.75 Å². The van der Waals surface area contributed by atoms with Gasteiger partial charge in [-0.15, -0.1) is 0 Å². The van der Waals surface area contributed by atoms with Gasteiger partial charge < -0.3 is 19.9 Å². The molecule has 1 amide bonds. The number of carboxylic acids is 1. The number of ether oxygens (including phenoxy) is 2. The lowest BCUT2D eigenvalue weighted by atomic mass is 9.93. The van der Waals surface area contributed by atoms with Gasteiger partial charge in [-0.25, -0.2) is 0 Å². The number of methoxy groups -OCH3 is 1. The van der Waals surface area contributed by atoms with Crippen molar-refractivity contribution in [2.75, 3.05) is 20.3 Å². The Kier molecular flexibility index (Phi) is 4.71. The van der Waals surface area contributed by atoms with E-state index in [0.717, 1.165) is 16.9 Å². The van der Waals surface area contributed by atoms with Crippen molar-refractivity contribution < 1.29 is 24.2 Å². The third kappa shape index (κ3) is 3.39. The average molecular weight is 307 g/mol. The molecule has 120 valence electrons. The van der Waals surface area contributed by atoms with E-state index in [2.05, 4.69) is 5.32 Å². The Bertz CT molecular complexity index is 567. The lowest BCUT2D eigenvalue weighted by molar-refractivity contribution is -0.138. The van der Waals surface area contributed by atoms with Crippen LogP contribution < -0.4 is 10.1 Å². The maximum Gasteiger partial charge on any atom is 0.305 e. The maximum atomic E-state index is 12.5. The topological polar surface area (TPSA) is 84.9 Å². The zero-order chi connectivity index (χ0) is 16.3. The Morgan fingerprint density at radius 1 is 1.36 bits per heavy atom. The molecule has 0 aliphatic carbocycles. The summed E-state index contributed by atoms with van der Waals surface area (Å²) >= 11 is 0. The summed E-state index contributed by atoms with van der Waals surface area (Å²) in [6, 6.07) is 3.48. The van der Waals surface area contributed by atoms with Crippen LogP contribution in [0.15, 0.2) is 12.1 Å². The summed E-state index contributed by atoms with van der Waals surface area (Å²) in [7, 11) is 1.59. The van der Waals surface area contributed by atoms with E-state index in [1.807, 2.05) is 13.8 Å². The molecule has 0 aromatic heterocycles. The maximum absolute atomic E-state index is 12.5. The quantitative estimate of drug-likeness (QED) is 0.864. The molecule has 6 heteroatoms. The van der Waals surface area contributed by atoms with E-state index in [1.54, 1.807) is 19.2 Å². The fraction of sp³-hybridized carbons (Fsp3) is 0.500. The van der Waals surface area contributed by atoms with Crippen molar-refractivity contribution in [1.82, 2.24) is 5.32 Å². The molecule has 0 saturated carbocycles. The molecule has 1 aliphatic heterocycles. The van der Waals surface area contributed by atoms with E-state index in [0.29, 0.717) is 18.6 Å². The van der Waals surface area contributed by atoms with Gasteiger partial charge in [-0.3, -0.25) is 9.59 Å². The van der Waals surface area contributed by atoms with Crippen LogP contribution in [0.4, 0.5) is 0 Å². The third-order valence-electron chi connectivity index (χ3n) is 3.90. The summed E-state index contributed by atoms with van der Waals surface area (Å²) < 4.78 is 10.6. The Labute approximate surface area is 129 Å². The third-order valence-corrected chi connectivity index (χ3v) is 3.90. The molecule has 0 spiro atoms. The largest absolute Gasteiger partial charge is 0.496 e. The number of carboxylic acid groups (broad SMARTS) is 1. The molecule has 1 aromatic rings. The summed E-state index contributed by atoms with van der Waals surface area (Å²) in [5, 5.41) is 11.9. The van der Waals surface area contributed by atoms with Crippen LogP contribution in [-0.4, -0.2) is 42.8 Å². The Hall–Kier alpha value is -2.08. The van der Waals surface area contributed by atoms with Crippen LogP contribution in [0.1, 0.15) is 34.3 Å². The lowest BCUT2D eigenvalue weighted by Crippen LogP contribution is -2.50. The molecule has 1 heterocycles. The number of aryl methyl sites for hydroxylation is 2. The molecule has 1 unspecified atom stereocenters. The van der Waals surface area contributed by atoms with Gasteiger partial charge in [0.15, 0.2) is 0 Å². The van der Waals surface area contributed by atoms with Gasteiger partial charge >= 0.3 is 5.97 Å². The predicted molar refractivity (Wildman–Crippen MR) is 80.4 cm³/mol. The van der Waals surface area contributed by atoms with Crippen molar-refractivity contribution in [2.24, 2.45) is 0 Å². The highest BCUT2D eigenvalue weighted by molar-refractivity contribution is 5.95. The number of nitrogens with one attached hydrogen (secondary N) is 1. The highest BCUT2D eigenvalue weighted by Crippen LogP contribution is 2.26. The van der Waals surface area contributed by atoms with E-state index in [9.17, 15) is 9.59 Å². The lowest BCUT2D eigenvalue weighted by Gasteiger charge is -2.27. The minimum Gasteiger partial charge on any atom is -0.496 e. The van der Waals surface area contributed by atoms with Crippen molar-refractivity contribution in [1.29, 1.82) is 0 Å². The Balaban J connectivity index is 2.22. The van der Waals surface area contributed by atoms with Crippen LogP contribution >= 0.6 is 0 Å². The molecule has 1 aliphatic rings. The first kappa shape index (κ1) is 16.3. The number of carbonyl (C=O) groups is 2. The van der Waals surface area contributed by atoms with E-state index < -0.39 is 11.5 Å². The monoisotopic (exact) mass is 307 g/mol. The summed E-state index contributed by atoms with van der Waals surface area (Å²) in [4.78, 5) is 23.5. The van der Waals surface area contributed by atoms with E-state index in [-0.39, 0.29) is 18.9 Å². The first-order chi connectivity index (χ1) is 10.4. The average Bonchev–Trinajstić information content (AvgIpc) is 2.85. The normalized spacial score (nSPS) is 20.7. The summed E-state index contributed by atoms with van der Waals surface area (Å²) in [5.74, 6) is -0.491. The predicted octanol–water partition coefficient (Wildman–Crippen LogP) is 1.68.